The Balaban J connectivity index is 1.74. The van der Waals surface area contributed by atoms with E-state index < -0.39 is 17.7 Å². The van der Waals surface area contributed by atoms with Crippen molar-refractivity contribution in [1.82, 2.24) is 4.98 Å². The minimum absolute atomic E-state index is 0.0535. The Morgan fingerprint density at radius 2 is 1.71 bits per heavy atom. The van der Waals surface area contributed by atoms with E-state index in [1.807, 2.05) is 31.2 Å². The first-order chi connectivity index (χ1) is 16.5. The molecule has 3 aromatic carbocycles. The van der Waals surface area contributed by atoms with Crippen LogP contribution in [0.2, 0.25) is 0 Å². The molecule has 0 bridgehead atoms. The molecule has 0 radical (unpaired) electrons. The van der Waals surface area contributed by atoms with Gasteiger partial charge in [0.05, 0.1) is 23.9 Å². The Bertz CT molecular complexity index is 1430. The van der Waals surface area contributed by atoms with Gasteiger partial charge in [0, 0.05) is 28.2 Å². The maximum absolute atomic E-state index is 13.3. The number of aliphatic hydroxyl groups is 1. The number of nitrogens with zero attached hydrogens (tertiary/aromatic N) is 1. The SMILES string of the molecule is CCOc1ccc(/C(O)=C2\C(=O)C(=O)N(c3ccccc3O)C2c2c[nH]c3ccccc23)cc1. The van der Waals surface area contributed by atoms with Crippen LogP contribution in [-0.2, 0) is 9.59 Å². The summed E-state index contributed by atoms with van der Waals surface area (Å²) in [5.74, 6) is -1.47. The first-order valence-electron chi connectivity index (χ1n) is 10.9. The number of hydrogen-bond donors (Lipinski definition) is 3. The van der Waals surface area contributed by atoms with E-state index in [0.717, 1.165) is 10.9 Å². The average Bonchev–Trinajstić information content (AvgIpc) is 3.38. The zero-order valence-corrected chi connectivity index (χ0v) is 18.4. The third-order valence-electron chi connectivity index (χ3n) is 5.94. The number of aliphatic hydroxyl groups excluding tert-OH is 1. The third-order valence-corrected chi connectivity index (χ3v) is 5.94. The summed E-state index contributed by atoms with van der Waals surface area (Å²) in [4.78, 5) is 31.0. The molecule has 1 aliphatic heterocycles. The highest BCUT2D eigenvalue weighted by molar-refractivity contribution is 6.52. The lowest BCUT2D eigenvalue weighted by atomic mass is 9.94. The molecular formula is C27H22N2O5. The number of ketones is 1. The fourth-order valence-electron chi connectivity index (χ4n) is 4.39. The average molecular weight is 454 g/mol. The van der Waals surface area contributed by atoms with Crippen LogP contribution in [0.4, 0.5) is 5.69 Å². The number of H-pyrrole nitrogens is 1. The van der Waals surface area contributed by atoms with Crippen LogP contribution in [0.25, 0.3) is 16.7 Å². The quantitative estimate of drug-likeness (QED) is 0.226. The van der Waals surface area contributed by atoms with E-state index in [2.05, 4.69) is 4.98 Å². The summed E-state index contributed by atoms with van der Waals surface area (Å²) in [5, 5.41) is 22.6. The van der Waals surface area contributed by atoms with Crippen LogP contribution in [0.5, 0.6) is 11.5 Å². The number of rotatable bonds is 5. The van der Waals surface area contributed by atoms with Gasteiger partial charge in [-0.15, -0.1) is 0 Å². The van der Waals surface area contributed by atoms with Crippen molar-refractivity contribution in [3.05, 3.63) is 95.7 Å². The second-order valence-corrected chi connectivity index (χ2v) is 7.90. The first-order valence-corrected chi connectivity index (χ1v) is 10.9. The van der Waals surface area contributed by atoms with Crippen LogP contribution in [0.3, 0.4) is 0 Å². The molecule has 170 valence electrons. The van der Waals surface area contributed by atoms with E-state index in [1.165, 1.54) is 11.0 Å². The molecule has 7 heteroatoms. The topological polar surface area (TPSA) is 103 Å². The molecule has 1 fully saturated rings. The monoisotopic (exact) mass is 454 g/mol. The largest absolute Gasteiger partial charge is 0.507 e. The van der Waals surface area contributed by atoms with Crippen molar-refractivity contribution in [2.45, 2.75) is 13.0 Å². The molecule has 1 saturated heterocycles. The number of para-hydroxylation sites is 3. The lowest BCUT2D eigenvalue weighted by Crippen LogP contribution is -2.29. The standard InChI is InChI=1S/C27H22N2O5/c1-2-34-17-13-11-16(12-14-17)25(31)23-24(19-15-28-20-8-4-3-7-18(19)20)29(27(33)26(23)32)21-9-5-6-10-22(21)30/h3-15,24,28,30-31H,2H2,1H3/b25-23+. The Morgan fingerprint density at radius 1 is 1.00 bits per heavy atom. The highest BCUT2D eigenvalue weighted by atomic mass is 16.5. The molecule has 2 heterocycles. The zero-order valence-electron chi connectivity index (χ0n) is 18.4. The number of carbonyl (C=O) groups is 2. The summed E-state index contributed by atoms with van der Waals surface area (Å²) in [6, 6.07) is 19.5. The minimum Gasteiger partial charge on any atom is -0.507 e. The number of benzene rings is 3. The molecule has 0 saturated carbocycles. The zero-order chi connectivity index (χ0) is 23.8. The Hall–Kier alpha value is -4.52. The molecule has 0 spiro atoms. The number of phenols is 1. The molecule has 4 aromatic rings. The first kappa shape index (κ1) is 21.3. The third kappa shape index (κ3) is 3.38. The van der Waals surface area contributed by atoms with Gasteiger partial charge in [0.2, 0.25) is 0 Å². The van der Waals surface area contributed by atoms with Crippen molar-refractivity contribution in [2.24, 2.45) is 0 Å². The summed E-state index contributed by atoms with van der Waals surface area (Å²) in [7, 11) is 0. The van der Waals surface area contributed by atoms with Crippen LogP contribution < -0.4 is 9.64 Å². The van der Waals surface area contributed by atoms with Crippen LogP contribution in [0.1, 0.15) is 24.1 Å². The van der Waals surface area contributed by atoms with Crippen LogP contribution in [-0.4, -0.2) is 33.5 Å². The number of fused-ring (bicyclic) bond motifs is 1. The molecule has 1 amide bonds. The van der Waals surface area contributed by atoms with Gasteiger partial charge >= 0.3 is 0 Å². The number of hydrogen-bond acceptors (Lipinski definition) is 5. The second kappa shape index (κ2) is 8.44. The molecule has 5 rings (SSSR count). The predicted molar refractivity (Wildman–Crippen MR) is 129 cm³/mol. The summed E-state index contributed by atoms with van der Waals surface area (Å²) in [6.45, 7) is 2.37. The highest BCUT2D eigenvalue weighted by Gasteiger charge is 2.48. The molecule has 0 aliphatic carbocycles. The minimum atomic E-state index is -0.948. The number of aromatic nitrogens is 1. The fraction of sp³-hybridized carbons (Fsp3) is 0.111. The van der Waals surface area contributed by atoms with Crippen molar-refractivity contribution in [1.29, 1.82) is 0 Å². The van der Waals surface area contributed by atoms with E-state index in [1.54, 1.807) is 48.7 Å². The Labute approximate surface area is 195 Å². The highest BCUT2D eigenvalue weighted by Crippen LogP contribution is 2.46. The summed E-state index contributed by atoms with van der Waals surface area (Å²) in [5.41, 5.74) is 1.96. The van der Waals surface area contributed by atoms with Crippen molar-refractivity contribution in [3.63, 3.8) is 0 Å². The van der Waals surface area contributed by atoms with Gasteiger partial charge in [0.15, 0.2) is 0 Å². The van der Waals surface area contributed by atoms with Gasteiger partial charge in [-0.3, -0.25) is 14.5 Å². The number of anilines is 1. The smallest absolute Gasteiger partial charge is 0.300 e. The number of nitrogens with one attached hydrogen (secondary N) is 1. The van der Waals surface area contributed by atoms with Gasteiger partial charge in [-0.1, -0.05) is 30.3 Å². The molecule has 1 aliphatic rings. The van der Waals surface area contributed by atoms with E-state index in [0.29, 0.717) is 23.5 Å². The van der Waals surface area contributed by atoms with Crippen LogP contribution in [0, 0.1) is 0 Å². The summed E-state index contributed by atoms with van der Waals surface area (Å²) in [6.07, 6.45) is 1.72. The number of aromatic amines is 1. The Kier molecular flexibility index (Phi) is 5.30. The van der Waals surface area contributed by atoms with E-state index in [4.69, 9.17) is 4.74 Å². The Morgan fingerprint density at radius 3 is 2.44 bits per heavy atom. The van der Waals surface area contributed by atoms with Crippen LogP contribution >= 0.6 is 0 Å². The lowest BCUT2D eigenvalue weighted by Gasteiger charge is -2.25. The van der Waals surface area contributed by atoms with Gasteiger partial charge in [-0.05, 0) is 49.4 Å². The lowest BCUT2D eigenvalue weighted by molar-refractivity contribution is -0.132. The number of phenolic OH excluding ortho intramolecular Hbond substituents is 1. The van der Waals surface area contributed by atoms with E-state index in [-0.39, 0.29) is 22.8 Å². The number of ether oxygens (including phenoxy) is 1. The molecule has 1 atom stereocenters. The number of Topliss-reactive ketones (excluding diaryl/α,β-unsaturated/α-hetero) is 1. The second-order valence-electron chi connectivity index (χ2n) is 7.90. The molecule has 3 N–H and O–H groups in total. The number of aromatic hydroxyl groups is 1. The fourth-order valence-corrected chi connectivity index (χ4v) is 4.39. The molecular weight excluding hydrogens is 432 g/mol. The molecule has 7 nitrogen and oxygen atoms in total. The molecule has 1 aromatic heterocycles. The van der Waals surface area contributed by atoms with Gasteiger partial charge in [-0.25, -0.2) is 0 Å². The van der Waals surface area contributed by atoms with E-state index in [9.17, 15) is 19.8 Å². The normalized spacial score (nSPS) is 17.4. The van der Waals surface area contributed by atoms with Crippen molar-refractivity contribution in [3.8, 4) is 11.5 Å². The van der Waals surface area contributed by atoms with Crippen molar-refractivity contribution >= 4 is 34.0 Å². The van der Waals surface area contributed by atoms with Crippen molar-refractivity contribution < 1.29 is 24.5 Å². The number of carbonyl (C=O) groups excluding carboxylic acids is 2. The maximum atomic E-state index is 13.3. The summed E-state index contributed by atoms with van der Waals surface area (Å²) < 4.78 is 5.46. The summed E-state index contributed by atoms with van der Waals surface area (Å²) >= 11 is 0. The van der Waals surface area contributed by atoms with Gasteiger partial charge in [-0.2, -0.15) is 0 Å². The van der Waals surface area contributed by atoms with E-state index >= 15 is 0 Å². The van der Waals surface area contributed by atoms with Gasteiger partial charge in [0.25, 0.3) is 11.7 Å². The molecule has 1 unspecified atom stereocenters. The number of amides is 1. The predicted octanol–water partition coefficient (Wildman–Crippen LogP) is 4.90. The van der Waals surface area contributed by atoms with Crippen molar-refractivity contribution in [2.75, 3.05) is 11.5 Å². The van der Waals surface area contributed by atoms with Gasteiger partial charge in [0.1, 0.15) is 17.3 Å². The van der Waals surface area contributed by atoms with Crippen LogP contribution in [0.15, 0.2) is 84.6 Å². The molecule has 34 heavy (non-hydrogen) atoms. The van der Waals surface area contributed by atoms with Gasteiger partial charge < -0.3 is 19.9 Å². The maximum Gasteiger partial charge on any atom is 0.300 e.